The van der Waals surface area contributed by atoms with Crippen LogP contribution < -0.4 is 10.9 Å². The van der Waals surface area contributed by atoms with Crippen molar-refractivity contribution in [1.29, 1.82) is 0 Å². The summed E-state index contributed by atoms with van der Waals surface area (Å²) in [5.41, 5.74) is -3.30. The number of ketones is 2. The summed E-state index contributed by atoms with van der Waals surface area (Å²) in [7, 11) is 0. The van der Waals surface area contributed by atoms with Gasteiger partial charge in [0.15, 0.2) is 11.6 Å². The molecule has 0 fully saturated rings. The van der Waals surface area contributed by atoms with Crippen molar-refractivity contribution in [3.8, 4) is 22.6 Å². The number of carboxylic acid groups (broad SMARTS) is 1. The summed E-state index contributed by atoms with van der Waals surface area (Å²) < 4.78 is 11.3. The van der Waals surface area contributed by atoms with Crippen LogP contribution in [0, 0.1) is 0 Å². The third kappa shape index (κ3) is 3.54. The highest BCUT2D eigenvalue weighted by atomic mass is 16.4. The monoisotopic (exact) mass is 500 g/mol. The Hall–Kier alpha value is -5.25. The van der Waals surface area contributed by atoms with Crippen molar-refractivity contribution < 1.29 is 38.5 Å². The third-order valence-electron chi connectivity index (χ3n) is 6.04. The van der Waals surface area contributed by atoms with Crippen molar-refractivity contribution in [2.24, 2.45) is 0 Å². The van der Waals surface area contributed by atoms with Gasteiger partial charge in [0, 0.05) is 17.2 Å². The van der Waals surface area contributed by atoms with E-state index in [1.54, 1.807) is 0 Å². The third-order valence-corrected chi connectivity index (χ3v) is 6.04. The fourth-order valence-corrected chi connectivity index (χ4v) is 4.45. The molecule has 37 heavy (non-hydrogen) atoms. The quantitative estimate of drug-likeness (QED) is 0.239. The van der Waals surface area contributed by atoms with Gasteiger partial charge in [0.2, 0.25) is 10.9 Å². The molecule has 0 radical (unpaired) electrons. The lowest BCUT2D eigenvalue weighted by Crippen LogP contribution is -2.15. The summed E-state index contributed by atoms with van der Waals surface area (Å²) >= 11 is 0. The van der Waals surface area contributed by atoms with Gasteiger partial charge in [-0.2, -0.15) is 0 Å². The maximum absolute atomic E-state index is 13.5. The van der Waals surface area contributed by atoms with Gasteiger partial charge in [-0.1, -0.05) is 0 Å². The number of Topliss-reactive ketones (excluding diaryl/α,β-unsaturated/α-hetero) is 2. The maximum atomic E-state index is 13.5. The van der Waals surface area contributed by atoms with Crippen LogP contribution in [0.5, 0.6) is 11.5 Å². The molecule has 0 bridgehead atoms. The highest BCUT2D eigenvalue weighted by molar-refractivity contribution is 6.18. The molecule has 3 N–H and O–H groups in total. The van der Waals surface area contributed by atoms with E-state index in [1.165, 1.54) is 25.1 Å². The summed E-state index contributed by atoms with van der Waals surface area (Å²) in [6, 6.07) is 6.93. The lowest BCUT2D eigenvalue weighted by molar-refractivity contribution is 0.0697. The van der Waals surface area contributed by atoms with Crippen molar-refractivity contribution >= 4 is 50.4 Å². The minimum Gasteiger partial charge on any atom is -0.508 e. The van der Waals surface area contributed by atoms with Crippen molar-refractivity contribution in [2.75, 3.05) is 0 Å². The minimum absolute atomic E-state index is 0.0161. The first-order valence-corrected chi connectivity index (χ1v) is 10.8. The van der Waals surface area contributed by atoms with Gasteiger partial charge in [-0.15, -0.1) is 0 Å². The van der Waals surface area contributed by atoms with E-state index in [-0.39, 0.29) is 60.9 Å². The van der Waals surface area contributed by atoms with Gasteiger partial charge < -0.3 is 24.2 Å². The van der Waals surface area contributed by atoms with Gasteiger partial charge in [-0.25, -0.2) is 4.79 Å². The standard InChI is InChI=1S/C27H16O10/c1-10(28)14-8-17-25(33)23-16(27(34)35)6-13(31)7-20(23)37-26(17)21(11(2)29)22(14)18-9-36-19-4-3-12(30)5-15(19)24(18)32/h3-9,30-31H,1-2H3,(H,34,35). The second-order valence-electron chi connectivity index (χ2n) is 8.42. The summed E-state index contributed by atoms with van der Waals surface area (Å²) in [5, 5.41) is 28.8. The average Bonchev–Trinajstić information content (AvgIpc) is 2.83. The van der Waals surface area contributed by atoms with Gasteiger partial charge in [0.05, 0.1) is 32.8 Å². The molecule has 5 aromatic rings. The van der Waals surface area contributed by atoms with E-state index < -0.39 is 39.7 Å². The number of phenolic OH excluding ortho intramolecular Hbond substituents is 2. The van der Waals surface area contributed by atoms with E-state index in [4.69, 9.17) is 8.83 Å². The van der Waals surface area contributed by atoms with Gasteiger partial charge >= 0.3 is 5.97 Å². The van der Waals surface area contributed by atoms with Crippen LogP contribution in [0.25, 0.3) is 44.0 Å². The van der Waals surface area contributed by atoms with Crippen LogP contribution in [0.15, 0.2) is 61.1 Å². The number of rotatable bonds is 4. The summed E-state index contributed by atoms with van der Waals surface area (Å²) in [4.78, 5) is 64.3. The Kier molecular flexibility index (Phi) is 5.18. The number of carbonyl (C=O) groups is 3. The number of aromatic carboxylic acids is 1. The fourth-order valence-electron chi connectivity index (χ4n) is 4.45. The molecule has 0 amide bonds. The number of aromatic hydroxyl groups is 2. The van der Waals surface area contributed by atoms with Crippen LogP contribution >= 0.6 is 0 Å². The molecule has 10 heteroatoms. The van der Waals surface area contributed by atoms with Crippen molar-refractivity contribution in [3.63, 3.8) is 0 Å². The van der Waals surface area contributed by atoms with E-state index in [9.17, 15) is 39.3 Å². The number of carboxylic acids is 1. The number of fused-ring (bicyclic) bond motifs is 3. The van der Waals surface area contributed by atoms with E-state index >= 15 is 0 Å². The SMILES string of the molecule is CC(=O)c1cc2c(=O)c3c(C(=O)O)cc(O)cc3oc2c(C(C)=O)c1-c1coc2ccc(O)cc2c1=O. The Balaban J connectivity index is 2.03. The Labute approximate surface area is 205 Å². The zero-order valence-corrected chi connectivity index (χ0v) is 19.2. The number of carbonyl (C=O) groups excluding carboxylic acids is 2. The first kappa shape index (κ1) is 23.5. The van der Waals surface area contributed by atoms with Crippen molar-refractivity contribution in [1.82, 2.24) is 0 Å². The molecule has 0 unspecified atom stereocenters. The molecule has 10 nitrogen and oxygen atoms in total. The molecule has 0 aliphatic rings. The molecule has 0 atom stereocenters. The molecule has 184 valence electrons. The topological polar surface area (TPSA) is 172 Å². The highest BCUT2D eigenvalue weighted by Gasteiger charge is 2.28. The number of hydrogen-bond acceptors (Lipinski definition) is 9. The number of phenols is 2. The van der Waals surface area contributed by atoms with Gasteiger partial charge in [0.25, 0.3) is 0 Å². The van der Waals surface area contributed by atoms with Crippen molar-refractivity contribution in [3.05, 3.63) is 79.8 Å². The zero-order valence-electron chi connectivity index (χ0n) is 19.2. The van der Waals surface area contributed by atoms with Crippen LogP contribution in [-0.2, 0) is 0 Å². The summed E-state index contributed by atoms with van der Waals surface area (Å²) in [6.45, 7) is 2.32. The first-order chi connectivity index (χ1) is 17.5. The normalized spacial score (nSPS) is 11.3. The Morgan fingerprint density at radius 3 is 2.16 bits per heavy atom. The van der Waals surface area contributed by atoms with E-state index in [1.807, 2.05) is 0 Å². The molecular formula is C27H16O10. The molecule has 2 heterocycles. The smallest absolute Gasteiger partial charge is 0.336 e. The lowest BCUT2D eigenvalue weighted by atomic mass is 9.88. The van der Waals surface area contributed by atoms with E-state index in [0.717, 1.165) is 31.4 Å². The van der Waals surface area contributed by atoms with E-state index in [2.05, 4.69) is 0 Å². The second kappa shape index (κ2) is 8.16. The van der Waals surface area contributed by atoms with Crippen LogP contribution in [0.3, 0.4) is 0 Å². The zero-order chi connectivity index (χ0) is 26.8. The molecule has 0 saturated carbocycles. The van der Waals surface area contributed by atoms with Gasteiger partial charge in [0.1, 0.15) is 34.5 Å². The van der Waals surface area contributed by atoms with E-state index in [0.29, 0.717) is 0 Å². The molecular weight excluding hydrogens is 484 g/mol. The molecule has 0 aliphatic heterocycles. The fraction of sp³-hybridized carbons (Fsp3) is 0.0741. The Morgan fingerprint density at radius 2 is 1.51 bits per heavy atom. The predicted octanol–water partition coefficient (Wildman–Crippen LogP) is 4.23. The Morgan fingerprint density at radius 1 is 0.784 bits per heavy atom. The number of benzene rings is 3. The van der Waals surface area contributed by atoms with Crippen LogP contribution in [0.4, 0.5) is 0 Å². The lowest BCUT2D eigenvalue weighted by Gasteiger charge is -2.15. The van der Waals surface area contributed by atoms with Crippen LogP contribution in [0.2, 0.25) is 0 Å². The van der Waals surface area contributed by atoms with Crippen LogP contribution in [0.1, 0.15) is 44.9 Å². The molecule has 0 saturated heterocycles. The summed E-state index contributed by atoms with van der Waals surface area (Å²) in [6.07, 6.45) is 1.06. The molecule has 0 aliphatic carbocycles. The van der Waals surface area contributed by atoms with Gasteiger partial charge in [-0.3, -0.25) is 19.2 Å². The highest BCUT2D eigenvalue weighted by Crippen LogP contribution is 2.36. The maximum Gasteiger partial charge on any atom is 0.336 e. The second-order valence-corrected chi connectivity index (χ2v) is 8.42. The van der Waals surface area contributed by atoms with Gasteiger partial charge in [-0.05, 0) is 44.2 Å². The minimum atomic E-state index is -1.50. The molecule has 3 aromatic carbocycles. The molecule has 5 rings (SSSR count). The van der Waals surface area contributed by atoms with Crippen LogP contribution in [-0.4, -0.2) is 32.9 Å². The average molecular weight is 500 g/mol. The number of hydrogen-bond donors (Lipinski definition) is 3. The predicted molar refractivity (Wildman–Crippen MR) is 132 cm³/mol. The van der Waals surface area contributed by atoms with Crippen molar-refractivity contribution in [2.45, 2.75) is 13.8 Å². The molecule has 0 spiro atoms. The summed E-state index contributed by atoms with van der Waals surface area (Å²) in [5.74, 6) is -3.47. The Bertz CT molecular complexity index is 1970. The first-order valence-electron chi connectivity index (χ1n) is 10.8. The largest absolute Gasteiger partial charge is 0.508 e. The molecule has 2 aromatic heterocycles.